The van der Waals surface area contributed by atoms with Crippen LogP contribution in [0.3, 0.4) is 0 Å². The van der Waals surface area contributed by atoms with Crippen molar-refractivity contribution in [1.29, 1.82) is 0 Å². The number of carbonyl (C=O) groups is 1. The monoisotopic (exact) mass is 371 g/mol. The van der Waals surface area contributed by atoms with E-state index in [4.69, 9.17) is 11.6 Å². The molecule has 0 spiro atoms. The summed E-state index contributed by atoms with van der Waals surface area (Å²) in [4.78, 5) is 11.6. The van der Waals surface area contributed by atoms with Crippen molar-refractivity contribution in [2.75, 3.05) is 12.4 Å². The van der Waals surface area contributed by atoms with Crippen molar-refractivity contribution in [2.24, 2.45) is 10.2 Å². The van der Waals surface area contributed by atoms with Gasteiger partial charge < -0.3 is 14.9 Å². The van der Waals surface area contributed by atoms with Gasteiger partial charge in [-0.2, -0.15) is 0 Å². The Hall–Kier alpha value is -3.32. The number of amides is 1. The highest BCUT2D eigenvalue weighted by Gasteiger charge is 2.13. The Morgan fingerprint density at radius 2 is 1.85 bits per heavy atom. The average Bonchev–Trinajstić information content (AvgIpc) is 2.63. The molecular weight excluding hydrogens is 358 g/mol. The minimum Gasteiger partial charge on any atom is -0.506 e. The number of fused-ring (bicyclic) bond motifs is 1. The maximum absolute atomic E-state index is 11.6. The normalized spacial score (nSPS) is 11.0. The number of ether oxygens (including phenoxy) is 1. The van der Waals surface area contributed by atoms with Crippen molar-refractivity contribution < 1.29 is 19.7 Å². The molecule has 0 heterocycles. The second kappa shape index (κ2) is 7.28. The van der Waals surface area contributed by atoms with E-state index in [2.05, 4.69) is 20.3 Å². The molecule has 1 amide bonds. The number of phenols is 2. The van der Waals surface area contributed by atoms with Crippen LogP contribution in [0.15, 0.2) is 58.8 Å². The van der Waals surface area contributed by atoms with Gasteiger partial charge >= 0.3 is 6.09 Å². The maximum atomic E-state index is 11.6. The lowest BCUT2D eigenvalue weighted by molar-refractivity contribution is 0.187. The second-order valence-corrected chi connectivity index (χ2v) is 5.72. The van der Waals surface area contributed by atoms with Gasteiger partial charge in [-0.3, -0.25) is 5.32 Å². The number of halogens is 1. The van der Waals surface area contributed by atoms with Gasteiger partial charge in [0, 0.05) is 10.4 Å². The third kappa shape index (κ3) is 3.52. The summed E-state index contributed by atoms with van der Waals surface area (Å²) in [6.45, 7) is 0. The topological polar surface area (TPSA) is 104 Å². The van der Waals surface area contributed by atoms with Gasteiger partial charge in [-0.25, -0.2) is 4.79 Å². The molecular formula is C18H14ClN3O4. The Morgan fingerprint density at radius 1 is 1.08 bits per heavy atom. The molecule has 3 N–H and O–H groups in total. The van der Waals surface area contributed by atoms with Crippen LogP contribution >= 0.6 is 11.6 Å². The zero-order chi connectivity index (χ0) is 18.7. The lowest BCUT2D eigenvalue weighted by Crippen LogP contribution is -2.11. The minimum absolute atomic E-state index is 0.106. The highest BCUT2D eigenvalue weighted by Crippen LogP contribution is 2.41. The van der Waals surface area contributed by atoms with E-state index < -0.39 is 6.09 Å². The highest BCUT2D eigenvalue weighted by atomic mass is 35.5. The van der Waals surface area contributed by atoms with Crippen LogP contribution in [0.4, 0.5) is 21.9 Å². The van der Waals surface area contributed by atoms with Gasteiger partial charge in [0.05, 0.1) is 12.8 Å². The zero-order valence-corrected chi connectivity index (χ0v) is 14.4. The largest absolute Gasteiger partial charge is 0.506 e. The van der Waals surface area contributed by atoms with E-state index in [0.717, 1.165) is 5.39 Å². The molecule has 3 rings (SSSR count). The molecule has 0 radical (unpaired) electrons. The van der Waals surface area contributed by atoms with Crippen molar-refractivity contribution in [3.05, 3.63) is 53.6 Å². The van der Waals surface area contributed by atoms with Gasteiger partial charge in [0.25, 0.3) is 0 Å². The molecule has 7 nitrogen and oxygen atoms in total. The Kier molecular flexibility index (Phi) is 4.90. The number of methoxy groups -OCH3 is 1. The fourth-order valence-electron chi connectivity index (χ4n) is 2.40. The molecule has 0 aromatic heterocycles. The van der Waals surface area contributed by atoms with E-state index in [1.807, 2.05) is 0 Å². The van der Waals surface area contributed by atoms with Crippen LogP contribution in [0.5, 0.6) is 11.5 Å². The second-order valence-electron chi connectivity index (χ2n) is 5.29. The van der Waals surface area contributed by atoms with Crippen molar-refractivity contribution >= 4 is 45.5 Å². The number of hydrogen-bond donors (Lipinski definition) is 3. The molecule has 0 aliphatic heterocycles. The molecule has 0 saturated heterocycles. The number of hydrogen-bond acceptors (Lipinski definition) is 6. The summed E-state index contributed by atoms with van der Waals surface area (Å²) in [6, 6.07) is 12.7. The Morgan fingerprint density at radius 3 is 2.62 bits per heavy atom. The number of nitrogens with one attached hydrogen (secondary N) is 1. The number of nitrogens with zero attached hydrogens (tertiary/aromatic N) is 2. The molecule has 3 aromatic carbocycles. The summed E-state index contributed by atoms with van der Waals surface area (Å²) >= 11 is 5.90. The smallest absolute Gasteiger partial charge is 0.411 e. The predicted octanol–water partition coefficient (Wildman–Crippen LogP) is 5.50. The van der Waals surface area contributed by atoms with Crippen LogP contribution in [-0.4, -0.2) is 23.4 Å². The summed E-state index contributed by atoms with van der Waals surface area (Å²) in [5.41, 5.74) is 0.677. The quantitative estimate of drug-likeness (QED) is 0.529. The zero-order valence-electron chi connectivity index (χ0n) is 13.6. The summed E-state index contributed by atoms with van der Waals surface area (Å²) in [7, 11) is 1.25. The number of phenolic OH excluding ortho intramolecular Hbond substituents is 2. The van der Waals surface area contributed by atoms with Gasteiger partial charge in [-0.1, -0.05) is 29.8 Å². The number of aromatic hydroxyl groups is 2. The summed E-state index contributed by atoms with van der Waals surface area (Å²) in [5, 5.41) is 32.3. The van der Waals surface area contributed by atoms with E-state index in [0.29, 0.717) is 16.1 Å². The summed E-state index contributed by atoms with van der Waals surface area (Å²) in [5.74, 6) is -0.243. The highest BCUT2D eigenvalue weighted by molar-refractivity contribution is 6.30. The van der Waals surface area contributed by atoms with Crippen molar-refractivity contribution in [3.8, 4) is 11.5 Å². The van der Waals surface area contributed by atoms with E-state index in [-0.39, 0.29) is 22.9 Å². The van der Waals surface area contributed by atoms with Crippen molar-refractivity contribution in [3.63, 3.8) is 0 Å². The standard InChI is InChI=1S/C18H14ClN3O4/c1-26-18(25)20-12-4-2-3-10-5-7-15(24)17(16(10)12)22-21-13-9-11(19)6-8-14(13)23/h2-9,23-24H,1H3,(H,20,25). The number of anilines is 1. The molecule has 3 aromatic rings. The number of rotatable bonds is 3. The minimum atomic E-state index is -0.656. The molecule has 0 fully saturated rings. The van der Waals surface area contributed by atoms with Crippen LogP contribution in [0.25, 0.3) is 10.8 Å². The van der Waals surface area contributed by atoms with Crippen LogP contribution in [0.2, 0.25) is 5.02 Å². The van der Waals surface area contributed by atoms with Crippen molar-refractivity contribution in [1.82, 2.24) is 0 Å². The van der Waals surface area contributed by atoms with E-state index in [1.165, 1.54) is 31.4 Å². The third-order valence-electron chi connectivity index (χ3n) is 3.61. The van der Waals surface area contributed by atoms with E-state index in [9.17, 15) is 15.0 Å². The molecule has 0 aliphatic carbocycles. The first kappa shape index (κ1) is 17.5. The van der Waals surface area contributed by atoms with Gasteiger partial charge in [-0.05, 0) is 35.7 Å². The fourth-order valence-corrected chi connectivity index (χ4v) is 2.56. The molecule has 0 aliphatic rings. The summed E-state index contributed by atoms with van der Waals surface area (Å²) < 4.78 is 4.62. The maximum Gasteiger partial charge on any atom is 0.411 e. The number of carbonyl (C=O) groups excluding carboxylic acids is 1. The molecule has 26 heavy (non-hydrogen) atoms. The van der Waals surface area contributed by atoms with Crippen LogP contribution in [0, 0.1) is 0 Å². The number of azo groups is 1. The molecule has 0 atom stereocenters. The van der Waals surface area contributed by atoms with Crippen LogP contribution in [0.1, 0.15) is 0 Å². The molecule has 0 saturated carbocycles. The first-order chi connectivity index (χ1) is 12.5. The van der Waals surface area contributed by atoms with Gasteiger partial charge in [0.15, 0.2) is 0 Å². The van der Waals surface area contributed by atoms with E-state index >= 15 is 0 Å². The average molecular weight is 372 g/mol. The van der Waals surface area contributed by atoms with Crippen LogP contribution in [-0.2, 0) is 4.74 Å². The molecule has 0 unspecified atom stereocenters. The molecule has 132 valence electrons. The predicted molar refractivity (Wildman–Crippen MR) is 98.9 cm³/mol. The van der Waals surface area contributed by atoms with Crippen LogP contribution < -0.4 is 5.32 Å². The fraction of sp³-hybridized carbons (Fsp3) is 0.0556. The lowest BCUT2D eigenvalue weighted by Gasteiger charge is -2.10. The Balaban J connectivity index is 2.15. The molecule has 0 bridgehead atoms. The first-order valence-corrected chi connectivity index (χ1v) is 7.87. The number of benzene rings is 3. The SMILES string of the molecule is COC(=O)Nc1cccc2ccc(O)c(N=Nc3cc(Cl)ccc3O)c12. The Labute approximate surface area is 153 Å². The Bertz CT molecular complexity index is 1020. The first-order valence-electron chi connectivity index (χ1n) is 7.49. The van der Waals surface area contributed by atoms with Gasteiger partial charge in [0.2, 0.25) is 0 Å². The molecule has 8 heteroatoms. The lowest BCUT2D eigenvalue weighted by atomic mass is 10.1. The van der Waals surface area contributed by atoms with Crippen molar-refractivity contribution in [2.45, 2.75) is 0 Å². The third-order valence-corrected chi connectivity index (χ3v) is 3.85. The van der Waals surface area contributed by atoms with Gasteiger partial charge in [-0.15, -0.1) is 10.2 Å². The van der Waals surface area contributed by atoms with E-state index in [1.54, 1.807) is 24.3 Å². The van der Waals surface area contributed by atoms with Gasteiger partial charge in [0.1, 0.15) is 22.9 Å². The summed E-state index contributed by atoms with van der Waals surface area (Å²) in [6.07, 6.45) is -0.656.